The van der Waals surface area contributed by atoms with Gasteiger partial charge in [0.25, 0.3) is 0 Å². The highest BCUT2D eigenvalue weighted by molar-refractivity contribution is 7.09. The van der Waals surface area contributed by atoms with Crippen LogP contribution in [0.25, 0.3) is 0 Å². The highest BCUT2D eigenvalue weighted by atomic mass is 32.1. The van der Waals surface area contributed by atoms with Crippen molar-refractivity contribution in [2.75, 3.05) is 13.1 Å². The van der Waals surface area contributed by atoms with Gasteiger partial charge < -0.3 is 9.84 Å². The molecule has 18 heavy (non-hydrogen) atoms. The zero-order valence-electron chi connectivity index (χ0n) is 10.5. The van der Waals surface area contributed by atoms with Gasteiger partial charge in [0.15, 0.2) is 5.82 Å². The summed E-state index contributed by atoms with van der Waals surface area (Å²) in [5.74, 6) is 2.40. The summed E-state index contributed by atoms with van der Waals surface area (Å²) in [5.41, 5.74) is 1.02. The number of nitrogens with zero attached hydrogens (tertiary/aromatic N) is 3. The highest BCUT2D eigenvalue weighted by Gasteiger charge is 2.29. The first-order valence-corrected chi connectivity index (χ1v) is 7.04. The zero-order valence-corrected chi connectivity index (χ0v) is 11.3. The van der Waals surface area contributed by atoms with E-state index in [4.69, 9.17) is 4.52 Å². The summed E-state index contributed by atoms with van der Waals surface area (Å²) in [6.45, 7) is 6.16. The Hall–Kier alpha value is -1.27. The van der Waals surface area contributed by atoms with Gasteiger partial charge in [0.1, 0.15) is 0 Å². The molecule has 0 aliphatic carbocycles. The normalized spacial score (nSPS) is 23.7. The topological polar surface area (TPSA) is 63.8 Å². The van der Waals surface area contributed by atoms with Crippen LogP contribution < -0.4 is 5.32 Å². The molecule has 0 radical (unpaired) electrons. The lowest BCUT2D eigenvalue weighted by Crippen LogP contribution is -2.08. The number of thiazole rings is 1. The molecule has 1 saturated heterocycles. The van der Waals surface area contributed by atoms with E-state index in [1.54, 1.807) is 11.3 Å². The maximum atomic E-state index is 5.37. The predicted molar refractivity (Wildman–Crippen MR) is 68.7 cm³/mol. The average molecular weight is 264 g/mol. The standard InChI is InChI=1S/C12H16N4OS/c1-7-4-13-5-10(7)12-15-11(16-17-12)3-9-6-18-8(2)14-9/h6-7,10,13H,3-5H2,1-2H3/t7-,10-/m1/s1. The van der Waals surface area contributed by atoms with Crippen molar-refractivity contribution in [1.82, 2.24) is 20.4 Å². The quantitative estimate of drug-likeness (QED) is 0.915. The van der Waals surface area contributed by atoms with Crippen LogP contribution in [0.5, 0.6) is 0 Å². The summed E-state index contributed by atoms with van der Waals surface area (Å²) in [5, 5.41) is 10.5. The minimum atomic E-state index is 0.350. The first-order valence-electron chi connectivity index (χ1n) is 6.16. The van der Waals surface area contributed by atoms with E-state index in [1.807, 2.05) is 12.3 Å². The van der Waals surface area contributed by atoms with Crippen molar-refractivity contribution in [2.24, 2.45) is 5.92 Å². The SMILES string of the molecule is Cc1nc(Cc2noc([C@@H]3CNC[C@H]3C)n2)cs1. The van der Waals surface area contributed by atoms with Crippen LogP contribution >= 0.6 is 11.3 Å². The molecule has 5 nitrogen and oxygen atoms in total. The van der Waals surface area contributed by atoms with Crippen LogP contribution in [-0.4, -0.2) is 28.2 Å². The smallest absolute Gasteiger partial charge is 0.231 e. The number of aryl methyl sites for hydroxylation is 1. The van der Waals surface area contributed by atoms with E-state index in [1.165, 1.54) is 0 Å². The van der Waals surface area contributed by atoms with Gasteiger partial charge in [-0.15, -0.1) is 11.3 Å². The second kappa shape index (κ2) is 4.78. The van der Waals surface area contributed by atoms with Gasteiger partial charge in [-0.05, 0) is 19.4 Å². The Morgan fingerprint density at radius 3 is 3.00 bits per heavy atom. The first kappa shape index (κ1) is 11.8. The van der Waals surface area contributed by atoms with E-state index in [-0.39, 0.29) is 0 Å². The molecule has 96 valence electrons. The van der Waals surface area contributed by atoms with Gasteiger partial charge in [-0.3, -0.25) is 0 Å². The molecule has 2 aromatic rings. The number of hydrogen-bond donors (Lipinski definition) is 1. The number of hydrogen-bond acceptors (Lipinski definition) is 6. The predicted octanol–water partition coefficient (Wildman–Crippen LogP) is 1.75. The van der Waals surface area contributed by atoms with Crippen molar-refractivity contribution in [2.45, 2.75) is 26.2 Å². The Kier molecular flexibility index (Phi) is 3.13. The number of nitrogens with one attached hydrogen (secondary N) is 1. The molecule has 6 heteroatoms. The lowest BCUT2D eigenvalue weighted by atomic mass is 9.98. The lowest BCUT2D eigenvalue weighted by Gasteiger charge is -2.07. The molecule has 1 fully saturated rings. The van der Waals surface area contributed by atoms with Crippen molar-refractivity contribution < 1.29 is 4.52 Å². The lowest BCUT2D eigenvalue weighted by molar-refractivity contribution is 0.337. The fraction of sp³-hybridized carbons (Fsp3) is 0.583. The van der Waals surface area contributed by atoms with Crippen molar-refractivity contribution in [1.29, 1.82) is 0 Å². The molecule has 0 unspecified atom stereocenters. The minimum absolute atomic E-state index is 0.350. The maximum Gasteiger partial charge on any atom is 0.231 e. The van der Waals surface area contributed by atoms with E-state index in [2.05, 4.69) is 27.4 Å². The number of aromatic nitrogens is 3. The van der Waals surface area contributed by atoms with Gasteiger partial charge in [0.2, 0.25) is 5.89 Å². The summed E-state index contributed by atoms with van der Waals surface area (Å²) < 4.78 is 5.37. The molecule has 3 rings (SSSR count). The Morgan fingerprint density at radius 1 is 1.44 bits per heavy atom. The van der Waals surface area contributed by atoms with Gasteiger partial charge >= 0.3 is 0 Å². The van der Waals surface area contributed by atoms with Crippen LogP contribution in [0.15, 0.2) is 9.90 Å². The molecule has 0 bridgehead atoms. The Balaban J connectivity index is 1.73. The molecule has 0 saturated carbocycles. The van der Waals surface area contributed by atoms with Crippen LogP contribution in [0.1, 0.15) is 35.3 Å². The van der Waals surface area contributed by atoms with Gasteiger partial charge in [-0.1, -0.05) is 12.1 Å². The molecule has 1 N–H and O–H groups in total. The molecule has 0 spiro atoms. The van der Waals surface area contributed by atoms with Crippen molar-refractivity contribution >= 4 is 11.3 Å². The highest BCUT2D eigenvalue weighted by Crippen LogP contribution is 2.26. The molecule has 2 aromatic heterocycles. The summed E-state index contributed by atoms with van der Waals surface area (Å²) in [7, 11) is 0. The van der Waals surface area contributed by atoms with E-state index in [9.17, 15) is 0 Å². The van der Waals surface area contributed by atoms with Crippen LogP contribution in [-0.2, 0) is 6.42 Å². The molecule has 1 aliphatic rings. The largest absolute Gasteiger partial charge is 0.339 e. The van der Waals surface area contributed by atoms with Crippen LogP contribution in [0, 0.1) is 12.8 Å². The molecular formula is C12H16N4OS. The monoisotopic (exact) mass is 264 g/mol. The second-order valence-electron chi connectivity index (χ2n) is 4.83. The maximum absolute atomic E-state index is 5.37. The third-order valence-electron chi connectivity index (χ3n) is 3.32. The van der Waals surface area contributed by atoms with Crippen molar-refractivity contribution in [3.8, 4) is 0 Å². The molecule has 0 aromatic carbocycles. The Morgan fingerprint density at radius 2 is 2.33 bits per heavy atom. The van der Waals surface area contributed by atoms with E-state index < -0.39 is 0 Å². The molecule has 0 amide bonds. The molecule has 2 atom stereocenters. The fourth-order valence-corrected chi connectivity index (χ4v) is 2.89. The molecule has 1 aliphatic heterocycles. The minimum Gasteiger partial charge on any atom is -0.339 e. The summed E-state index contributed by atoms with van der Waals surface area (Å²) in [6, 6.07) is 0. The van der Waals surface area contributed by atoms with Crippen LogP contribution in [0.4, 0.5) is 0 Å². The Bertz CT molecular complexity index is 536. The average Bonchev–Trinajstić information content (AvgIpc) is 3.02. The summed E-state index contributed by atoms with van der Waals surface area (Å²) in [4.78, 5) is 8.91. The van der Waals surface area contributed by atoms with Gasteiger partial charge in [0, 0.05) is 11.9 Å². The van der Waals surface area contributed by atoms with Crippen molar-refractivity contribution in [3.63, 3.8) is 0 Å². The van der Waals surface area contributed by atoms with Crippen LogP contribution in [0.2, 0.25) is 0 Å². The third-order valence-corrected chi connectivity index (χ3v) is 4.15. The summed E-state index contributed by atoms with van der Waals surface area (Å²) >= 11 is 1.65. The number of rotatable bonds is 3. The van der Waals surface area contributed by atoms with E-state index in [0.717, 1.165) is 35.5 Å². The third kappa shape index (κ3) is 2.30. The fourth-order valence-electron chi connectivity index (χ4n) is 2.28. The summed E-state index contributed by atoms with van der Waals surface area (Å²) in [6.07, 6.45) is 0.655. The molecular weight excluding hydrogens is 248 g/mol. The van der Waals surface area contributed by atoms with Gasteiger partial charge in [-0.25, -0.2) is 4.98 Å². The van der Waals surface area contributed by atoms with Crippen LogP contribution in [0.3, 0.4) is 0 Å². The van der Waals surface area contributed by atoms with Gasteiger partial charge in [-0.2, -0.15) is 4.98 Å². The Labute approximate surface area is 110 Å². The van der Waals surface area contributed by atoms with Crippen molar-refractivity contribution in [3.05, 3.63) is 27.8 Å². The molecule has 3 heterocycles. The van der Waals surface area contributed by atoms with Gasteiger partial charge in [0.05, 0.1) is 23.0 Å². The zero-order chi connectivity index (χ0) is 12.5. The van der Waals surface area contributed by atoms with E-state index >= 15 is 0 Å². The second-order valence-corrected chi connectivity index (χ2v) is 5.89. The first-order chi connectivity index (χ1) is 8.72. The van der Waals surface area contributed by atoms with E-state index in [0.29, 0.717) is 18.3 Å².